The van der Waals surface area contributed by atoms with Crippen molar-refractivity contribution in [1.82, 2.24) is 5.32 Å². The minimum Gasteiger partial charge on any atom is -0.317 e. The lowest BCUT2D eigenvalue weighted by Gasteiger charge is -2.31. The standard InChI is InChI=1S/C14H25NO/c1-15-13-9-7-12(8-10-13)14(16)11-5-3-2-4-6-11/h11-13,15H,2-10H2,1H3. The molecule has 2 aliphatic rings. The van der Waals surface area contributed by atoms with Crippen LogP contribution in [0.25, 0.3) is 0 Å². The van der Waals surface area contributed by atoms with Crippen molar-refractivity contribution in [3.05, 3.63) is 0 Å². The second-order valence-corrected chi connectivity index (χ2v) is 5.57. The van der Waals surface area contributed by atoms with Gasteiger partial charge < -0.3 is 5.32 Å². The zero-order chi connectivity index (χ0) is 11.4. The van der Waals surface area contributed by atoms with E-state index in [9.17, 15) is 4.79 Å². The number of rotatable bonds is 3. The van der Waals surface area contributed by atoms with Crippen LogP contribution in [0.5, 0.6) is 0 Å². The minimum atomic E-state index is 0.396. The molecular formula is C14H25NO. The quantitative estimate of drug-likeness (QED) is 0.797. The highest BCUT2D eigenvalue weighted by Gasteiger charge is 2.30. The molecule has 0 amide bonds. The number of carbonyl (C=O) groups is 1. The molecule has 0 saturated heterocycles. The minimum absolute atomic E-state index is 0.396. The van der Waals surface area contributed by atoms with Gasteiger partial charge in [0.2, 0.25) is 0 Å². The Morgan fingerprint density at radius 2 is 1.44 bits per heavy atom. The molecule has 2 heteroatoms. The van der Waals surface area contributed by atoms with Crippen molar-refractivity contribution in [3.8, 4) is 0 Å². The van der Waals surface area contributed by atoms with Crippen molar-refractivity contribution in [2.45, 2.75) is 63.8 Å². The second kappa shape index (κ2) is 5.81. The predicted octanol–water partition coefficient (Wildman–Crippen LogP) is 2.91. The number of hydrogen-bond donors (Lipinski definition) is 1. The molecule has 2 saturated carbocycles. The van der Waals surface area contributed by atoms with Crippen LogP contribution >= 0.6 is 0 Å². The average molecular weight is 223 g/mol. The van der Waals surface area contributed by atoms with Gasteiger partial charge in [0.1, 0.15) is 5.78 Å². The van der Waals surface area contributed by atoms with Gasteiger partial charge >= 0.3 is 0 Å². The Kier molecular flexibility index (Phi) is 4.39. The van der Waals surface area contributed by atoms with Crippen molar-refractivity contribution in [3.63, 3.8) is 0 Å². The Bertz CT molecular complexity index is 225. The maximum Gasteiger partial charge on any atom is 0.139 e. The summed E-state index contributed by atoms with van der Waals surface area (Å²) in [5, 5.41) is 3.33. The molecule has 0 aromatic heterocycles. The summed E-state index contributed by atoms with van der Waals surface area (Å²) in [5.41, 5.74) is 0. The fourth-order valence-electron chi connectivity index (χ4n) is 3.39. The van der Waals surface area contributed by atoms with Crippen LogP contribution < -0.4 is 5.32 Å². The summed E-state index contributed by atoms with van der Waals surface area (Å²) in [6.45, 7) is 0. The molecule has 0 aliphatic heterocycles. The van der Waals surface area contributed by atoms with E-state index >= 15 is 0 Å². The third-order valence-electron chi connectivity index (χ3n) is 4.55. The van der Waals surface area contributed by atoms with E-state index < -0.39 is 0 Å². The van der Waals surface area contributed by atoms with Crippen molar-refractivity contribution in [2.75, 3.05) is 7.05 Å². The molecule has 2 aliphatic carbocycles. The van der Waals surface area contributed by atoms with E-state index in [0.717, 1.165) is 12.8 Å². The first-order valence-corrected chi connectivity index (χ1v) is 7.02. The van der Waals surface area contributed by atoms with E-state index in [1.165, 1.54) is 44.9 Å². The van der Waals surface area contributed by atoms with Crippen LogP contribution in [0, 0.1) is 11.8 Å². The van der Waals surface area contributed by atoms with Crippen molar-refractivity contribution in [2.24, 2.45) is 11.8 Å². The lowest BCUT2D eigenvalue weighted by Crippen LogP contribution is -2.34. The fraction of sp³-hybridized carbons (Fsp3) is 0.929. The molecule has 92 valence electrons. The molecule has 0 spiro atoms. The summed E-state index contributed by atoms with van der Waals surface area (Å²) in [5.74, 6) is 1.42. The first kappa shape index (κ1) is 12.1. The van der Waals surface area contributed by atoms with E-state index in [1.807, 2.05) is 7.05 Å². The molecule has 0 aromatic rings. The number of carbonyl (C=O) groups excluding carboxylic acids is 1. The lowest BCUT2D eigenvalue weighted by molar-refractivity contribution is -0.128. The van der Waals surface area contributed by atoms with E-state index in [-0.39, 0.29) is 0 Å². The predicted molar refractivity (Wildman–Crippen MR) is 66.4 cm³/mol. The highest BCUT2D eigenvalue weighted by molar-refractivity contribution is 5.83. The molecule has 0 bridgehead atoms. The van der Waals surface area contributed by atoms with Gasteiger partial charge in [0.05, 0.1) is 0 Å². The molecule has 0 radical (unpaired) electrons. The molecule has 0 atom stereocenters. The SMILES string of the molecule is CNC1CCC(C(=O)C2CCCCC2)CC1. The summed E-state index contributed by atoms with van der Waals surface area (Å²) in [6, 6.07) is 0.662. The third-order valence-corrected chi connectivity index (χ3v) is 4.55. The molecule has 0 heterocycles. The number of ketones is 1. The molecule has 2 nitrogen and oxygen atoms in total. The molecule has 0 aromatic carbocycles. The maximum atomic E-state index is 12.3. The maximum absolute atomic E-state index is 12.3. The van der Waals surface area contributed by atoms with Gasteiger partial charge in [-0.1, -0.05) is 19.3 Å². The van der Waals surface area contributed by atoms with E-state index in [4.69, 9.17) is 0 Å². The first-order valence-electron chi connectivity index (χ1n) is 7.02. The molecule has 16 heavy (non-hydrogen) atoms. The monoisotopic (exact) mass is 223 g/mol. The Labute approximate surface area is 99.2 Å². The van der Waals surface area contributed by atoms with Crippen LogP contribution in [-0.4, -0.2) is 18.9 Å². The zero-order valence-corrected chi connectivity index (χ0v) is 10.5. The van der Waals surface area contributed by atoms with Crippen LogP contribution in [0.1, 0.15) is 57.8 Å². The van der Waals surface area contributed by atoms with Crippen molar-refractivity contribution in [1.29, 1.82) is 0 Å². The Balaban J connectivity index is 1.81. The van der Waals surface area contributed by atoms with E-state index in [0.29, 0.717) is 23.7 Å². The van der Waals surface area contributed by atoms with Gasteiger partial charge in [0.15, 0.2) is 0 Å². The third kappa shape index (κ3) is 2.85. The highest BCUT2D eigenvalue weighted by Crippen LogP contribution is 2.32. The van der Waals surface area contributed by atoms with Gasteiger partial charge in [-0.25, -0.2) is 0 Å². The zero-order valence-electron chi connectivity index (χ0n) is 10.5. The van der Waals surface area contributed by atoms with Gasteiger partial charge in [0, 0.05) is 17.9 Å². The summed E-state index contributed by atoms with van der Waals surface area (Å²) < 4.78 is 0. The van der Waals surface area contributed by atoms with Crippen LogP contribution in [0.4, 0.5) is 0 Å². The summed E-state index contributed by atoms with van der Waals surface area (Å²) in [7, 11) is 2.04. The van der Waals surface area contributed by atoms with E-state index in [1.54, 1.807) is 0 Å². The van der Waals surface area contributed by atoms with Gasteiger partial charge in [-0.05, 0) is 45.6 Å². The molecule has 2 rings (SSSR count). The largest absolute Gasteiger partial charge is 0.317 e. The van der Waals surface area contributed by atoms with Gasteiger partial charge in [0.25, 0.3) is 0 Å². The topological polar surface area (TPSA) is 29.1 Å². The van der Waals surface area contributed by atoms with Crippen LogP contribution in [-0.2, 0) is 4.79 Å². The van der Waals surface area contributed by atoms with Crippen LogP contribution in [0.2, 0.25) is 0 Å². The van der Waals surface area contributed by atoms with Crippen LogP contribution in [0.15, 0.2) is 0 Å². The van der Waals surface area contributed by atoms with Crippen molar-refractivity contribution < 1.29 is 4.79 Å². The van der Waals surface area contributed by atoms with Gasteiger partial charge in [-0.15, -0.1) is 0 Å². The van der Waals surface area contributed by atoms with Gasteiger partial charge in [-0.3, -0.25) is 4.79 Å². The van der Waals surface area contributed by atoms with Gasteiger partial charge in [-0.2, -0.15) is 0 Å². The number of Topliss-reactive ketones (excluding diaryl/α,β-unsaturated/α-hetero) is 1. The molecule has 1 N–H and O–H groups in total. The number of hydrogen-bond acceptors (Lipinski definition) is 2. The smallest absolute Gasteiger partial charge is 0.139 e. The molecular weight excluding hydrogens is 198 g/mol. The van der Waals surface area contributed by atoms with E-state index in [2.05, 4.69) is 5.32 Å². The van der Waals surface area contributed by atoms with Crippen molar-refractivity contribution >= 4 is 5.78 Å². The average Bonchev–Trinajstić information content (AvgIpc) is 2.39. The molecule has 2 fully saturated rings. The normalized spacial score (nSPS) is 32.6. The first-order chi connectivity index (χ1) is 7.81. The summed E-state index contributed by atoms with van der Waals surface area (Å²) in [6.07, 6.45) is 10.9. The second-order valence-electron chi connectivity index (χ2n) is 5.57. The van der Waals surface area contributed by atoms with Crippen LogP contribution in [0.3, 0.4) is 0 Å². The molecule has 0 unspecified atom stereocenters. The summed E-state index contributed by atoms with van der Waals surface area (Å²) in [4.78, 5) is 12.3. The Hall–Kier alpha value is -0.370. The highest BCUT2D eigenvalue weighted by atomic mass is 16.1. The lowest BCUT2D eigenvalue weighted by atomic mass is 9.75. The fourth-order valence-corrected chi connectivity index (χ4v) is 3.39. The number of nitrogens with one attached hydrogen (secondary N) is 1. The Morgan fingerprint density at radius 1 is 0.875 bits per heavy atom. The Morgan fingerprint density at radius 3 is 2.00 bits per heavy atom. The summed E-state index contributed by atoms with van der Waals surface area (Å²) >= 11 is 0.